The van der Waals surface area contributed by atoms with Crippen LogP contribution in [0.2, 0.25) is 0 Å². The number of rotatable bonds is 4. The van der Waals surface area contributed by atoms with Crippen molar-refractivity contribution in [3.63, 3.8) is 0 Å². The third-order valence-electron chi connectivity index (χ3n) is 8.64. The van der Waals surface area contributed by atoms with Gasteiger partial charge >= 0.3 is 16.5 Å². The molecule has 258 valence electrons. The third kappa shape index (κ3) is 5.22. The number of carbonyl (C=O) groups is 4. The summed E-state index contributed by atoms with van der Waals surface area (Å²) in [7, 11) is 0. The van der Waals surface area contributed by atoms with Gasteiger partial charge in [0.15, 0.2) is 0 Å². The largest absolute Gasteiger partial charge is 2.00 e. The summed E-state index contributed by atoms with van der Waals surface area (Å²) in [4.78, 5) is 84.4. The van der Waals surface area contributed by atoms with Gasteiger partial charge in [-0.1, -0.05) is 48.5 Å². The van der Waals surface area contributed by atoms with Gasteiger partial charge in [0.2, 0.25) is 0 Å². The second-order valence-electron chi connectivity index (χ2n) is 11.7. The molecular formula is C36H12N8NiO8-4. The van der Waals surface area contributed by atoms with Crippen molar-refractivity contribution in [2.75, 3.05) is 0 Å². The molecule has 5 heterocycles. The molecule has 0 radical (unpaired) electrons. The number of fused-ring (bicyclic) bond motifs is 20. The van der Waals surface area contributed by atoms with Gasteiger partial charge in [0, 0.05) is 44.8 Å². The maximum atomic E-state index is 11.8. The third-order valence-corrected chi connectivity index (χ3v) is 8.64. The van der Waals surface area contributed by atoms with Gasteiger partial charge < -0.3 is 69.5 Å². The summed E-state index contributed by atoms with van der Waals surface area (Å²) in [5, 5.41) is 48.6. The van der Waals surface area contributed by atoms with E-state index in [2.05, 4.69) is 39.9 Å². The zero-order valence-corrected chi connectivity index (χ0v) is 27.1. The van der Waals surface area contributed by atoms with Crippen molar-refractivity contribution < 1.29 is 56.1 Å². The van der Waals surface area contributed by atoms with E-state index in [1.165, 1.54) is 72.8 Å². The minimum Gasteiger partial charge on any atom is -0.545 e. The molecule has 53 heavy (non-hydrogen) atoms. The fraction of sp³-hybridized carbons (Fsp3) is 0. The minimum atomic E-state index is -1.45. The molecule has 4 aromatic carbocycles. The second-order valence-corrected chi connectivity index (χ2v) is 11.7. The van der Waals surface area contributed by atoms with E-state index in [9.17, 15) is 39.6 Å². The summed E-state index contributed by atoms with van der Waals surface area (Å²) in [6, 6.07) is 16.3. The van der Waals surface area contributed by atoms with Gasteiger partial charge in [0.05, 0.1) is 47.2 Å². The first-order chi connectivity index (χ1) is 25.0. The molecule has 2 aliphatic rings. The molecular weight excluding hydrogens is 731 g/mol. The Morgan fingerprint density at radius 2 is 0.679 bits per heavy atom. The van der Waals surface area contributed by atoms with Crippen LogP contribution in [-0.2, 0) is 16.5 Å². The molecule has 3 aromatic heterocycles. The van der Waals surface area contributed by atoms with Gasteiger partial charge in [-0.2, -0.15) is 0 Å². The molecule has 0 saturated heterocycles. The average Bonchev–Trinajstić information content (AvgIpc) is 3.85. The zero-order valence-electron chi connectivity index (χ0n) is 26.1. The minimum absolute atomic E-state index is 0. The number of carbonyl (C=O) groups excluding carboxylic acids is 4. The number of hydrogen-bond donors (Lipinski definition) is 0. The van der Waals surface area contributed by atoms with Crippen molar-refractivity contribution in [3.05, 3.63) is 95.1 Å². The average molecular weight is 743 g/mol. The van der Waals surface area contributed by atoms with E-state index in [1.54, 1.807) is 0 Å². The number of nitrogens with zero attached hydrogens (tertiary/aromatic N) is 8. The summed E-state index contributed by atoms with van der Waals surface area (Å²) < 4.78 is 0. The van der Waals surface area contributed by atoms with E-state index in [0.29, 0.717) is 21.9 Å². The Hall–Kier alpha value is -7.39. The SMILES string of the molecule is O=C([O-])c1ccc2c(c1)-c1nc-2nc2[n-]c(nc3nc(nc4[n-]c(n1)c1ccc(C(=O)[O-])cc41)-c1ccc(C(=O)[O-])cc1-3)c1ccc(C(=O)[O-])cc21.[Ni+2]. The Kier molecular flexibility index (Phi) is 7.33. The summed E-state index contributed by atoms with van der Waals surface area (Å²) in [6.07, 6.45) is 0. The van der Waals surface area contributed by atoms with E-state index < -0.39 is 23.9 Å². The Morgan fingerprint density at radius 1 is 0.377 bits per heavy atom. The molecule has 9 rings (SSSR count). The number of benzene rings is 4. The van der Waals surface area contributed by atoms with Crippen molar-refractivity contribution in [2.24, 2.45) is 0 Å². The smallest absolute Gasteiger partial charge is 0.545 e. The molecule has 0 fully saturated rings. The fourth-order valence-electron chi connectivity index (χ4n) is 6.17. The van der Waals surface area contributed by atoms with E-state index in [-0.39, 0.29) is 107 Å². The first kappa shape index (κ1) is 32.8. The molecule has 0 amide bonds. The monoisotopic (exact) mass is 742 g/mol. The van der Waals surface area contributed by atoms with Crippen molar-refractivity contribution >= 4 is 68.0 Å². The molecule has 7 aromatic rings. The van der Waals surface area contributed by atoms with Crippen LogP contribution in [0, 0.1) is 0 Å². The van der Waals surface area contributed by atoms with Crippen LogP contribution in [0.4, 0.5) is 0 Å². The summed E-state index contributed by atoms with van der Waals surface area (Å²) >= 11 is 0. The summed E-state index contributed by atoms with van der Waals surface area (Å²) in [5.41, 5.74) is 0.547. The summed E-state index contributed by atoms with van der Waals surface area (Å²) in [6.45, 7) is 0. The van der Waals surface area contributed by atoms with Crippen molar-refractivity contribution in [3.8, 4) is 45.6 Å². The first-order valence-corrected chi connectivity index (χ1v) is 15.2. The molecule has 16 nitrogen and oxygen atoms in total. The van der Waals surface area contributed by atoms with Gasteiger partial charge in [0.1, 0.15) is 0 Å². The van der Waals surface area contributed by atoms with Crippen LogP contribution in [-0.4, -0.2) is 53.8 Å². The van der Waals surface area contributed by atoms with Gasteiger partial charge in [-0.3, -0.25) is 0 Å². The van der Waals surface area contributed by atoms with Crippen LogP contribution >= 0.6 is 0 Å². The number of aromatic carboxylic acids is 4. The van der Waals surface area contributed by atoms with E-state index >= 15 is 0 Å². The van der Waals surface area contributed by atoms with Crippen LogP contribution in [0.3, 0.4) is 0 Å². The van der Waals surface area contributed by atoms with E-state index in [1.807, 2.05) is 0 Å². The normalized spacial score (nSPS) is 11.5. The maximum absolute atomic E-state index is 11.8. The molecule has 2 aliphatic heterocycles. The van der Waals surface area contributed by atoms with Crippen LogP contribution in [0.1, 0.15) is 41.4 Å². The molecule has 17 heteroatoms. The number of carboxylic acid groups (broad SMARTS) is 4. The number of carboxylic acids is 4. The van der Waals surface area contributed by atoms with Gasteiger partial charge in [-0.15, -0.1) is 0 Å². The topological polar surface area (TPSA) is 266 Å². The standard InChI is InChI=1S/C36H18N8O8.Ni/c45-33(46)13-1-5-17-21(9-13)29-37-25(17)41-30-22-10-14(34(47)48)2-6-18(22)27(38-30)43-32-24-12-16(36(51)52)4-8-20(24)28(40-32)44-31-23-11-15(35(49)50)3-7-19(23)26(39-31)42-29;/h1-12H,(H6,37,38,39,40,41,42,43,44,45,46,47,48,49,50,51,52);/q;+2/p-6. The Bertz CT molecular complexity index is 2810. The number of aromatic nitrogens is 8. The Morgan fingerprint density at radius 3 is 1.04 bits per heavy atom. The number of hydrogen-bond acceptors (Lipinski definition) is 14. The molecule has 0 aliphatic carbocycles. The molecule has 0 atom stereocenters. The molecule has 0 N–H and O–H groups in total. The quantitative estimate of drug-likeness (QED) is 0.207. The van der Waals surface area contributed by atoms with E-state index in [0.717, 1.165) is 0 Å². The Balaban J connectivity index is 0.00000400. The van der Waals surface area contributed by atoms with Gasteiger partial charge in [-0.05, 0) is 68.1 Å². The Labute approximate surface area is 303 Å². The van der Waals surface area contributed by atoms with Crippen molar-refractivity contribution in [1.29, 1.82) is 0 Å². The van der Waals surface area contributed by atoms with Crippen LogP contribution in [0.25, 0.3) is 89.7 Å². The van der Waals surface area contributed by atoms with Crippen molar-refractivity contribution in [2.45, 2.75) is 0 Å². The first-order valence-electron chi connectivity index (χ1n) is 15.2. The van der Waals surface area contributed by atoms with Crippen LogP contribution in [0.15, 0.2) is 72.8 Å². The van der Waals surface area contributed by atoms with Crippen LogP contribution < -0.4 is 30.4 Å². The van der Waals surface area contributed by atoms with Crippen LogP contribution in [0.5, 0.6) is 0 Å². The predicted molar refractivity (Wildman–Crippen MR) is 171 cm³/mol. The van der Waals surface area contributed by atoms with Gasteiger partial charge in [0.25, 0.3) is 0 Å². The predicted octanol–water partition coefficient (Wildman–Crippen LogP) is -0.421. The zero-order chi connectivity index (χ0) is 36.0. The molecule has 0 spiro atoms. The van der Waals surface area contributed by atoms with Crippen molar-refractivity contribution in [1.82, 2.24) is 39.9 Å². The second kappa shape index (κ2) is 11.9. The summed E-state index contributed by atoms with van der Waals surface area (Å²) in [5.74, 6) is -5.77. The maximum Gasteiger partial charge on any atom is 2.00 e. The molecule has 0 saturated carbocycles. The molecule has 8 bridgehead atoms. The fourth-order valence-corrected chi connectivity index (χ4v) is 6.17. The van der Waals surface area contributed by atoms with Gasteiger partial charge in [-0.25, -0.2) is 9.97 Å². The van der Waals surface area contributed by atoms with E-state index in [4.69, 9.17) is 0 Å². The molecule has 0 unspecified atom stereocenters.